The Balaban J connectivity index is 1.69. The number of benzene rings is 3. The number of methoxy groups -OCH3 is 2. The summed E-state index contributed by atoms with van der Waals surface area (Å²) in [5.41, 5.74) is 3.69. The number of fused-ring (bicyclic) bond motifs is 1. The van der Waals surface area contributed by atoms with E-state index in [4.69, 9.17) is 9.47 Å². The fourth-order valence-corrected chi connectivity index (χ4v) is 2.90. The summed E-state index contributed by atoms with van der Waals surface area (Å²) in [6.07, 6.45) is 0. The first-order valence-corrected chi connectivity index (χ1v) is 8.10. The van der Waals surface area contributed by atoms with E-state index in [1.165, 1.54) is 27.5 Å². The van der Waals surface area contributed by atoms with Gasteiger partial charge in [-0.2, -0.15) is 0 Å². The van der Waals surface area contributed by atoms with Gasteiger partial charge in [0.2, 0.25) is 0 Å². The van der Waals surface area contributed by atoms with Gasteiger partial charge >= 0.3 is 0 Å². The summed E-state index contributed by atoms with van der Waals surface area (Å²) in [5.74, 6) is 1.82. The van der Waals surface area contributed by atoms with Crippen LogP contribution in [0.4, 0.5) is 0 Å². The molecule has 0 radical (unpaired) electrons. The molecule has 0 aliphatic carbocycles. The molecule has 1 N–H and O–H groups in total. The van der Waals surface area contributed by atoms with Gasteiger partial charge in [0.05, 0.1) is 14.2 Å². The zero-order valence-corrected chi connectivity index (χ0v) is 14.4. The van der Waals surface area contributed by atoms with Crippen LogP contribution in [0.1, 0.15) is 16.7 Å². The minimum Gasteiger partial charge on any atom is -0.497 e. The standard InChI is InChI=1S/C21H23NO2/c1-15-4-9-21(24-3)19(10-15)14-22-13-16-5-6-18-12-20(23-2)8-7-17(18)11-16/h4-12,22H,13-14H2,1-3H3. The minimum absolute atomic E-state index is 0.783. The predicted molar refractivity (Wildman–Crippen MR) is 98.8 cm³/mol. The van der Waals surface area contributed by atoms with Crippen molar-refractivity contribution in [3.05, 3.63) is 71.3 Å². The predicted octanol–water partition coefficient (Wildman–Crippen LogP) is 4.46. The zero-order valence-electron chi connectivity index (χ0n) is 14.4. The van der Waals surface area contributed by atoms with Crippen molar-refractivity contribution in [3.8, 4) is 11.5 Å². The van der Waals surface area contributed by atoms with Crippen LogP contribution in [0.2, 0.25) is 0 Å². The van der Waals surface area contributed by atoms with Gasteiger partial charge < -0.3 is 14.8 Å². The SMILES string of the molecule is COc1ccc2cc(CNCc3cc(C)ccc3OC)ccc2c1. The summed E-state index contributed by atoms with van der Waals surface area (Å²) < 4.78 is 10.7. The molecule has 24 heavy (non-hydrogen) atoms. The highest BCUT2D eigenvalue weighted by atomic mass is 16.5. The molecule has 3 aromatic rings. The number of nitrogens with one attached hydrogen (secondary N) is 1. The summed E-state index contributed by atoms with van der Waals surface area (Å²) in [6.45, 7) is 3.70. The molecule has 0 aromatic heterocycles. The van der Waals surface area contributed by atoms with Crippen molar-refractivity contribution in [1.29, 1.82) is 0 Å². The average molecular weight is 321 g/mol. The van der Waals surface area contributed by atoms with Crippen LogP contribution in [-0.2, 0) is 13.1 Å². The second-order valence-electron chi connectivity index (χ2n) is 5.97. The largest absolute Gasteiger partial charge is 0.497 e. The van der Waals surface area contributed by atoms with Crippen LogP contribution in [0.5, 0.6) is 11.5 Å². The van der Waals surface area contributed by atoms with E-state index in [2.05, 4.69) is 54.7 Å². The first-order valence-electron chi connectivity index (χ1n) is 8.10. The molecule has 0 bridgehead atoms. The normalized spacial score (nSPS) is 10.8. The Bertz CT molecular complexity index is 842. The highest BCUT2D eigenvalue weighted by molar-refractivity contribution is 5.84. The van der Waals surface area contributed by atoms with Gasteiger partial charge in [-0.1, -0.05) is 35.9 Å². The lowest BCUT2D eigenvalue weighted by Crippen LogP contribution is -2.13. The molecule has 0 saturated carbocycles. The third kappa shape index (κ3) is 3.69. The van der Waals surface area contributed by atoms with E-state index in [0.717, 1.165) is 24.6 Å². The zero-order chi connectivity index (χ0) is 16.9. The summed E-state index contributed by atoms with van der Waals surface area (Å²) in [4.78, 5) is 0. The molecule has 0 aliphatic rings. The van der Waals surface area contributed by atoms with E-state index in [0.29, 0.717) is 0 Å². The van der Waals surface area contributed by atoms with Crippen LogP contribution in [0.25, 0.3) is 10.8 Å². The van der Waals surface area contributed by atoms with Crippen molar-refractivity contribution in [2.75, 3.05) is 14.2 Å². The molecule has 124 valence electrons. The summed E-state index contributed by atoms with van der Waals surface area (Å²) in [6, 6.07) is 18.9. The van der Waals surface area contributed by atoms with E-state index in [1.54, 1.807) is 14.2 Å². The second kappa shape index (κ2) is 7.37. The van der Waals surface area contributed by atoms with Gasteiger partial charge in [-0.3, -0.25) is 0 Å². The quantitative estimate of drug-likeness (QED) is 0.727. The van der Waals surface area contributed by atoms with Crippen LogP contribution in [0, 0.1) is 6.92 Å². The van der Waals surface area contributed by atoms with Gasteiger partial charge in [0.1, 0.15) is 11.5 Å². The molecule has 3 heteroatoms. The first kappa shape index (κ1) is 16.3. The van der Waals surface area contributed by atoms with Crippen LogP contribution < -0.4 is 14.8 Å². The maximum absolute atomic E-state index is 5.43. The Morgan fingerprint density at radius 1 is 0.792 bits per heavy atom. The Morgan fingerprint density at radius 3 is 2.38 bits per heavy atom. The van der Waals surface area contributed by atoms with Crippen molar-refractivity contribution in [2.24, 2.45) is 0 Å². The van der Waals surface area contributed by atoms with Crippen molar-refractivity contribution >= 4 is 10.8 Å². The lowest BCUT2D eigenvalue weighted by molar-refractivity contribution is 0.407. The molecule has 0 fully saturated rings. The first-order chi connectivity index (χ1) is 11.7. The van der Waals surface area contributed by atoms with Gasteiger partial charge in [0, 0.05) is 18.7 Å². The molecule has 3 rings (SSSR count). The smallest absolute Gasteiger partial charge is 0.123 e. The van der Waals surface area contributed by atoms with Gasteiger partial charge in [0.15, 0.2) is 0 Å². The summed E-state index contributed by atoms with van der Waals surface area (Å²) >= 11 is 0. The van der Waals surface area contributed by atoms with Crippen molar-refractivity contribution < 1.29 is 9.47 Å². The molecular weight excluding hydrogens is 298 g/mol. The number of aryl methyl sites for hydroxylation is 1. The molecule has 0 saturated heterocycles. The molecule has 3 aromatic carbocycles. The Labute approximate surface area is 143 Å². The molecule has 0 amide bonds. The highest BCUT2D eigenvalue weighted by Gasteiger charge is 2.04. The van der Waals surface area contributed by atoms with E-state index in [1.807, 2.05) is 12.1 Å². The molecule has 0 heterocycles. The number of ether oxygens (including phenoxy) is 2. The number of rotatable bonds is 6. The summed E-state index contributed by atoms with van der Waals surface area (Å²) in [5, 5.41) is 5.92. The third-order valence-electron chi connectivity index (χ3n) is 4.19. The fourth-order valence-electron chi connectivity index (χ4n) is 2.90. The highest BCUT2D eigenvalue weighted by Crippen LogP contribution is 2.22. The number of hydrogen-bond donors (Lipinski definition) is 1. The topological polar surface area (TPSA) is 30.5 Å². The molecule has 3 nitrogen and oxygen atoms in total. The third-order valence-corrected chi connectivity index (χ3v) is 4.19. The van der Waals surface area contributed by atoms with Crippen molar-refractivity contribution in [2.45, 2.75) is 20.0 Å². The Kier molecular flexibility index (Phi) is 5.02. The van der Waals surface area contributed by atoms with Crippen LogP contribution in [0.3, 0.4) is 0 Å². The maximum Gasteiger partial charge on any atom is 0.123 e. The minimum atomic E-state index is 0.783. The molecular formula is C21H23NO2. The van der Waals surface area contributed by atoms with Crippen molar-refractivity contribution in [3.63, 3.8) is 0 Å². The molecule has 0 atom stereocenters. The molecule has 0 aliphatic heterocycles. The second-order valence-corrected chi connectivity index (χ2v) is 5.97. The average Bonchev–Trinajstić information content (AvgIpc) is 2.61. The Hall–Kier alpha value is -2.52. The maximum atomic E-state index is 5.43. The van der Waals surface area contributed by atoms with Gasteiger partial charge in [-0.25, -0.2) is 0 Å². The van der Waals surface area contributed by atoms with Crippen LogP contribution >= 0.6 is 0 Å². The van der Waals surface area contributed by atoms with E-state index in [-0.39, 0.29) is 0 Å². The van der Waals surface area contributed by atoms with Crippen LogP contribution in [-0.4, -0.2) is 14.2 Å². The van der Waals surface area contributed by atoms with Crippen LogP contribution in [0.15, 0.2) is 54.6 Å². The van der Waals surface area contributed by atoms with Crippen molar-refractivity contribution in [1.82, 2.24) is 5.32 Å². The number of hydrogen-bond acceptors (Lipinski definition) is 3. The van der Waals surface area contributed by atoms with Gasteiger partial charge in [0.25, 0.3) is 0 Å². The monoisotopic (exact) mass is 321 g/mol. The van der Waals surface area contributed by atoms with Gasteiger partial charge in [-0.15, -0.1) is 0 Å². The van der Waals surface area contributed by atoms with E-state index < -0.39 is 0 Å². The Morgan fingerprint density at radius 2 is 1.58 bits per heavy atom. The lowest BCUT2D eigenvalue weighted by atomic mass is 10.1. The van der Waals surface area contributed by atoms with E-state index in [9.17, 15) is 0 Å². The molecule has 0 unspecified atom stereocenters. The molecule has 0 spiro atoms. The summed E-state index contributed by atoms with van der Waals surface area (Å²) in [7, 11) is 3.41. The fraction of sp³-hybridized carbons (Fsp3) is 0.238. The van der Waals surface area contributed by atoms with E-state index >= 15 is 0 Å². The van der Waals surface area contributed by atoms with Gasteiger partial charge in [-0.05, 0) is 47.5 Å². The lowest BCUT2D eigenvalue weighted by Gasteiger charge is -2.11.